The smallest absolute Gasteiger partial charge is 0.160 e. The second kappa shape index (κ2) is 5.12. The van der Waals surface area contributed by atoms with Gasteiger partial charge < -0.3 is 14.7 Å². The first-order chi connectivity index (χ1) is 8.39. The average molecular weight is 292 g/mol. The van der Waals surface area contributed by atoms with Crippen molar-refractivity contribution in [1.29, 1.82) is 0 Å². The van der Waals surface area contributed by atoms with Crippen LogP contribution in [0.25, 0.3) is 0 Å². The number of aliphatic hydroxyl groups is 1. The SMILES string of the molecule is [2H]C([2H])(O)c1cc(Br)c(F)c(N2CCOCC2)c1. The molecule has 1 aliphatic heterocycles. The number of anilines is 1. The summed E-state index contributed by atoms with van der Waals surface area (Å²) < 4.78 is 33.9. The van der Waals surface area contributed by atoms with Crippen LogP contribution in [0, 0.1) is 5.82 Å². The van der Waals surface area contributed by atoms with Crippen LogP contribution in [0.2, 0.25) is 0 Å². The van der Waals surface area contributed by atoms with E-state index in [2.05, 4.69) is 15.9 Å². The summed E-state index contributed by atoms with van der Waals surface area (Å²) in [4.78, 5) is 1.78. The quantitative estimate of drug-likeness (QED) is 0.904. The van der Waals surface area contributed by atoms with Gasteiger partial charge in [-0.25, -0.2) is 4.39 Å². The maximum atomic E-state index is 14.0. The molecule has 0 aliphatic carbocycles. The summed E-state index contributed by atoms with van der Waals surface area (Å²) in [5, 5.41) is 9.37. The van der Waals surface area contributed by atoms with Gasteiger partial charge in [-0.2, -0.15) is 0 Å². The Labute approximate surface area is 105 Å². The van der Waals surface area contributed by atoms with Gasteiger partial charge in [0.25, 0.3) is 0 Å². The van der Waals surface area contributed by atoms with Crippen molar-refractivity contribution in [3.8, 4) is 0 Å². The zero-order chi connectivity index (χ0) is 13.3. The number of nitrogens with zero attached hydrogens (tertiary/aromatic N) is 1. The van der Waals surface area contributed by atoms with E-state index in [0.29, 0.717) is 26.3 Å². The Balaban J connectivity index is 2.42. The zero-order valence-electron chi connectivity index (χ0n) is 10.5. The summed E-state index contributed by atoms with van der Waals surface area (Å²) in [6.07, 6.45) is 0. The lowest BCUT2D eigenvalue weighted by Crippen LogP contribution is -2.36. The van der Waals surface area contributed by atoms with Crippen LogP contribution in [0.5, 0.6) is 0 Å². The third-order valence-corrected chi connectivity index (χ3v) is 3.07. The molecular weight excluding hydrogens is 277 g/mol. The molecule has 1 heterocycles. The van der Waals surface area contributed by atoms with Crippen molar-refractivity contribution in [2.45, 2.75) is 6.56 Å². The van der Waals surface area contributed by atoms with Crippen LogP contribution in [-0.4, -0.2) is 31.4 Å². The Morgan fingerprint density at radius 1 is 1.50 bits per heavy atom. The van der Waals surface area contributed by atoms with Gasteiger partial charge in [0.1, 0.15) is 0 Å². The van der Waals surface area contributed by atoms with E-state index in [1.807, 2.05) is 0 Å². The second-order valence-corrected chi connectivity index (χ2v) is 4.36. The van der Waals surface area contributed by atoms with E-state index in [-0.39, 0.29) is 15.7 Å². The largest absolute Gasteiger partial charge is 0.392 e. The molecule has 1 saturated heterocycles. The number of hydrogen-bond donors (Lipinski definition) is 1. The predicted octanol–water partition coefficient (Wildman–Crippen LogP) is 1.92. The van der Waals surface area contributed by atoms with E-state index in [4.69, 9.17) is 7.48 Å². The topological polar surface area (TPSA) is 32.7 Å². The highest BCUT2D eigenvalue weighted by atomic mass is 79.9. The Morgan fingerprint density at radius 3 is 2.81 bits per heavy atom. The van der Waals surface area contributed by atoms with Gasteiger partial charge in [-0.3, -0.25) is 0 Å². The minimum Gasteiger partial charge on any atom is -0.392 e. The molecule has 1 N–H and O–H groups in total. The highest BCUT2D eigenvalue weighted by molar-refractivity contribution is 9.10. The number of rotatable bonds is 2. The van der Waals surface area contributed by atoms with Crippen LogP contribution in [0.3, 0.4) is 0 Å². The van der Waals surface area contributed by atoms with Crippen LogP contribution in [-0.2, 0) is 11.3 Å². The summed E-state index contributed by atoms with van der Waals surface area (Å²) in [6.45, 7) is -0.389. The number of ether oxygens (including phenoxy) is 1. The van der Waals surface area contributed by atoms with Gasteiger partial charge in [0.2, 0.25) is 0 Å². The van der Waals surface area contributed by atoms with Crippen molar-refractivity contribution >= 4 is 21.6 Å². The van der Waals surface area contributed by atoms with Crippen molar-refractivity contribution in [1.82, 2.24) is 0 Å². The molecule has 5 heteroatoms. The molecule has 0 unspecified atom stereocenters. The zero-order valence-corrected chi connectivity index (χ0v) is 10.1. The lowest BCUT2D eigenvalue weighted by Gasteiger charge is -2.29. The van der Waals surface area contributed by atoms with Gasteiger partial charge in [-0.05, 0) is 33.6 Å². The first-order valence-electron chi connectivity index (χ1n) is 5.94. The van der Waals surface area contributed by atoms with E-state index < -0.39 is 12.4 Å². The van der Waals surface area contributed by atoms with Crippen LogP contribution in [0.15, 0.2) is 16.6 Å². The Bertz CT molecular complexity index is 447. The summed E-state index contributed by atoms with van der Waals surface area (Å²) in [5.41, 5.74) is 0.304. The molecule has 88 valence electrons. The summed E-state index contributed by atoms with van der Waals surface area (Å²) in [6, 6.07) is 2.59. The molecule has 3 nitrogen and oxygen atoms in total. The lowest BCUT2D eigenvalue weighted by atomic mass is 10.2. The van der Waals surface area contributed by atoms with Crippen molar-refractivity contribution in [2.24, 2.45) is 0 Å². The molecular formula is C11H13BrFNO2. The molecule has 0 amide bonds. The van der Waals surface area contributed by atoms with Gasteiger partial charge in [-0.15, -0.1) is 0 Å². The molecule has 0 bridgehead atoms. The standard InChI is InChI=1S/C11H13BrFNO2/c12-9-5-8(7-15)6-10(11(9)13)14-1-3-16-4-2-14/h5-6,15H,1-4,7H2/i7D2. The fraction of sp³-hybridized carbons (Fsp3) is 0.455. The molecule has 1 aromatic carbocycles. The van der Waals surface area contributed by atoms with Crippen LogP contribution < -0.4 is 4.90 Å². The molecule has 0 atom stereocenters. The summed E-state index contributed by atoms with van der Waals surface area (Å²) in [5.74, 6) is -0.454. The molecule has 0 spiro atoms. The van der Waals surface area contributed by atoms with E-state index >= 15 is 0 Å². The molecule has 0 saturated carbocycles. The molecule has 2 rings (SSSR count). The minimum atomic E-state index is -2.49. The highest BCUT2D eigenvalue weighted by Crippen LogP contribution is 2.28. The molecule has 0 radical (unpaired) electrons. The normalized spacial score (nSPS) is 19.3. The first-order valence-corrected chi connectivity index (χ1v) is 5.73. The maximum Gasteiger partial charge on any atom is 0.160 e. The molecule has 16 heavy (non-hydrogen) atoms. The number of hydrogen-bond acceptors (Lipinski definition) is 3. The van der Waals surface area contributed by atoms with Gasteiger partial charge in [0, 0.05) is 13.1 Å². The number of morpholine rings is 1. The fourth-order valence-electron chi connectivity index (χ4n) is 1.67. The van der Waals surface area contributed by atoms with E-state index in [1.54, 1.807) is 4.90 Å². The number of halogens is 2. The summed E-state index contributed by atoms with van der Waals surface area (Å²) in [7, 11) is 0. The van der Waals surface area contributed by atoms with Crippen LogP contribution >= 0.6 is 15.9 Å². The summed E-state index contributed by atoms with van der Waals surface area (Å²) >= 11 is 3.05. The molecule has 1 fully saturated rings. The highest BCUT2D eigenvalue weighted by Gasteiger charge is 2.17. The minimum absolute atomic E-state index is 0.0252. The van der Waals surface area contributed by atoms with E-state index in [1.165, 1.54) is 12.1 Å². The van der Waals surface area contributed by atoms with Crippen LogP contribution in [0.1, 0.15) is 8.30 Å². The lowest BCUT2D eigenvalue weighted by molar-refractivity contribution is 0.122. The second-order valence-electron chi connectivity index (χ2n) is 3.50. The Morgan fingerprint density at radius 2 is 2.19 bits per heavy atom. The van der Waals surface area contributed by atoms with Crippen LogP contribution in [0.4, 0.5) is 10.1 Å². The maximum absolute atomic E-state index is 14.0. The van der Waals surface area contributed by atoms with Gasteiger partial charge in [0.05, 0.1) is 32.7 Å². The third-order valence-electron chi connectivity index (χ3n) is 2.49. The van der Waals surface area contributed by atoms with Crippen molar-refractivity contribution in [2.75, 3.05) is 31.2 Å². The molecule has 1 aromatic rings. The van der Waals surface area contributed by atoms with Gasteiger partial charge in [0.15, 0.2) is 5.82 Å². The van der Waals surface area contributed by atoms with Gasteiger partial charge >= 0.3 is 0 Å². The average Bonchev–Trinajstić information content (AvgIpc) is 2.32. The van der Waals surface area contributed by atoms with Crippen molar-refractivity contribution in [3.63, 3.8) is 0 Å². The van der Waals surface area contributed by atoms with Crippen molar-refractivity contribution in [3.05, 3.63) is 28.0 Å². The Hall–Kier alpha value is -0.650. The molecule has 0 aromatic heterocycles. The van der Waals surface area contributed by atoms with E-state index in [0.717, 1.165) is 0 Å². The van der Waals surface area contributed by atoms with Gasteiger partial charge in [-0.1, -0.05) is 0 Å². The third kappa shape index (κ3) is 2.36. The fourth-order valence-corrected chi connectivity index (χ4v) is 2.12. The predicted molar refractivity (Wildman–Crippen MR) is 63.1 cm³/mol. The van der Waals surface area contributed by atoms with Crippen molar-refractivity contribution < 1.29 is 17.0 Å². The Kier molecular flexibility index (Phi) is 3.00. The molecule has 1 aliphatic rings. The monoisotopic (exact) mass is 291 g/mol. The first kappa shape index (κ1) is 9.39. The van der Waals surface area contributed by atoms with E-state index in [9.17, 15) is 9.50 Å². The number of benzene rings is 1.